The molecule has 0 aliphatic heterocycles. The number of anilines is 1. The van der Waals surface area contributed by atoms with Gasteiger partial charge in [-0.15, -0.1) is 0 Å². The second-order valence-electron chi connectivity index (χ2n) is 2.77. The normalized spacial score (nSPS) is 12.8. The van der Waals surface area contributed by atoms with E-state index < -0.39 is 0 Å². The molecule has 0 spiro atoms. The molecule has 1 atom stereocenters. The number of benzene rings is 1. The van der Waals surface area contributed by atoms with E-state index in [0.29, 0.717) is 5.56 Å². The zero-order chi connectivity index (χ0) is 9.30. The van der Waals surface area contributed by atoms with Gasteiger partial charge in [0, 0.05) is 6.04 Å². The van der Waals surface area contributed by atoms with Crippen LogP contribution in [0.15, 0.2) is 12.1 Å². The Bertz CT molecular complexity index is 274. The highest BCUT2D eigenvalue weighted by Crippen LogP contribution is 2.33. The van der Waals surface area contributed by atoms with Crippen LogP contribution in [0.4, 0.5) is 5.69 Å². The summed E-state index contributed by atoms with van der Waals surface area (Å²) in [6, 6.07) is 2.73. The summed E-state index contributed by atoms with van der Waals surface area (Å²) in [6.07, 6.45) is 0. The Hall–Kier alpha value is -1.42. The first-order valence-electron chi connectivity index (χ1n) is 3.59. The number of nitrogen functional groups attached to an aromatic ring is 1. The quantitative estimate of drug-likeness (QED) is 0.367. The minimum atomic E-state index is -0.292. The van der Waals surface area contributed by atoms with E-state index in [1.54, 1.807) is 13.0 Å². The van der Waals surface area contributed by atoms with Crippen molar-refractivity contribution >= 4 is 5.69 Å². The Morgan fingerprint density at radius 2 is 1.92 bits per heavy atom. The molecule has 12 heavy (non-hydrogen) atoms. The molecule has 4 heteroatoms. The molecule has 0 saturated heterocycles. The molecule has 0 radical (unpaired) electrons. The Balaban J connectivity index is 3.21. The fourth-order valence-corrected chi connectivity index (χ4v) is 0.927. The summed E-state index contributed by atoms with van der Waals surface area (Å²) in [5, 5.41) is 18.2. The molecule has 1 unspecified atom stereocenters. The molecule has 6 N–H and O–H groups in total. The predicted octanol–water partition coefficient (Wildman–Crippen LogP) is 0.700. The van der Waals surface area contributed by atoms with Crippen LogP contribution in [0.25, 0.3) is 0 Å². The molecule has 0 amide bonds. The molecule has 0 aromatic heterocycles. The summed E-state index contributed by atoms with van der Waals surface area (Å²) in [5.41, 5.74) is 11.8. The Kier molecular flexibility index (Phi) is 2.10. The van der Waals surface area contributed by atoms with Crippen molar-refractivity contribution in [2.45, 2.75) is 13.0 Å². The number of phenolic OH excluding ortho intramolecular Hbond substituents is 2. The number of phenols is 2. The van der Waals surface area contributed by atoms with Crippen LogP contribution in [-0.4, -0.2) is 10.2 Å². The van der Waals surface area contributed by atoms with Crippen molar-refractivity contribution in [2.75, 3.05) is 5.73 Å². The lowest BCUT2D eigenvalue weighted by Crippen LogP contribution is -2.05. The third-order valence-corrected chi connectivity index (χ3v) is 1.67. The molecule has 0 aliphatic carbocycles. The zero-order valence-corrected chi connectivity index (χ0v) is 6.78. The Morgan fingerprint density at radius 1 is 1.33 bits per heavy atom. The lowest BCUT2D eigenvalue weighted by Gasteiger charge is -2.08. The number of rotatable bonds is 1. The molecule has 1 rings (SSSR count). The van der Waals surface area contributed by atoms with Gasteiger partial charge in [0.25, 0.3) is 0 Å². The van der Waals surface area contributed by atoms with Crippen molar-refractivity contribution in [1.29, 1.82) is 0 Å². The first-order valence-corrected chi connectivity index (χ1v) is 3.59. The van der Waals surface area contributed by atoms with Gasteiger partial charge >= 0.3 is 0 Å². The predicted molar refractivity (Wildman–Crippen MR) is 46.8 cm³/mol. The average molecular weight is 168 g/mol. The minimum Gasteiger partial charge on any atom is -0.504 e. The van der Waals surface area contributed by atoms with Gasteiger partial charge in [-0.05, 0) is 24.6 Å². The molecular formula is C8H12N2O2. The van der Waals surface area contributed by atoms with Crippen LogP contribution in [0.5, 0.6) is 11.5 Å². The van der Waals surface area contributed by atoms with Gasteiger partial charge in [-0.1, -0.05) is 0 Å². The van der Waals surface area contributed by atoms with E-state index >= 15 is 0 Å². The molecule has 0 bridgehead atoms. The number of hydrogen-bond donors (Lipinski definition) is 4. The van der Waals surface area contributed by atoms with E-state index in [0.717, 1.165) is 0 Å². The third kappa shape index (κ3) is 1.43. The topological polar surface area (TPSA) is 92.5 Å². The van der Waals surface area contributed by atoms with E-state index in [4.69, 9.17) is 21.7 Å². The van der Waals surface area contributed by atoms with Crippen LogP contribution in [0, 0.1) is 0 Å². The minimum absolute atomic E-state index is 0.141. The first-order chi connectivity index (χ1) is 5.52. The fourth-order valence-electron chi connectivity index (χ4n) is 0.927. The molecular weight excluding hydrogens is 156 g/mol. The average Bonchev–Trinajstić information content (AvgIpc) is 1.99. The highest BCUT2D eigenvalue weighted by molar-refractivity contribution is 5.61. The van der Waals surface area contributed by atoms with E-state index in [2.05, 4.69) is 0 Å². The highest BCUT2D eigenvalue weighted by atomic mass is 16.3. The van der Waals surface area contributed by atoms with Crippen LogP contribution >= 0.6 is 0 Å². The van der Waals surface area contributed by atoms with Gasteiger partial charge in [-0.2, -0.15) is 0 Å². The van der Waals surface area contributed by atoms with Crippen molar-refractivity contribution in [3.05, 3.63) is 17.7 Å². The van der Waals surface area contributed by atoms with E-state index in [-0.39, 0.29) is 23.2 Å². The van der Waals surface area contributed by atoms with Crippen LogP contribution in [-0.2, 0) is 0 Å². The molecule has 0 saturated carbocycles. The Morgan fingerprint density at radius 3 is 2.33 bits per heavy atom. The van der Waals surface area contributed by atoms with E-state index in [1.165, 1.54) is 6.07 Å². The van der Waals surface area contributed by atoms with E-state index in [9.17, 15) is 0 Å². The maximum absolute atomic E-state index is 9.14. The maximum atomic E-state index is 9.14. The van der Waals surface area contributed by atoms with Crippen molar-refractivity contribution in [2.24, 2.45) is 5.73 Å². The number of nitrogens with two attached hydrogens (primary N) is 2. The standard InChI is InChI=1S/C8H12N2O2/c1-4(9)5-2-6(10)8(12)7(11)3-5/h2-4,11-12H,9-10H2,1H3. The molecule has 0 aliphatic rings. The lowest BCUT2D eigenvalue weighted by atomic mass is 10.1. The summed E-state index contributed by atoms with van der Waals surface area (Å²) >= 11 is 0. The van der Waals surface area contributed by atoms with Gasteiger partial charge in [0.15, 0.2) is 11.5 Å². The summed E-state index contributed by atoms with van der Waals surface area (Å²) < 4.78 is 0. The van der Waals surface area contributed by atoms with Crippen molar-refractivity contribution in [3.63, 3.8) is 0 Å². The van der Waals surface area contributed by atoms with Crippen LogP contribution in [0.1, 0.15) is 18.5 Å². The Labute approximate surface area is 70.4 Å². The number of hydrogen-bond acceptors (Lipinski definition) is 4. The molecule has 0 fully saturated rings. The molecule has 66 valence electrons. The van der Waals surface area contributed by atoms with E-state index in [1.807, 2.05) is 0 Å². The fraction of sp³-hybridized carbons (Fsp3) is 0.250. The zero-order valence-electron chi connectivity index (χ0n) is 6.78. The second-order valence-corrected chi connectivity index (χ2v) is 2.77. The monoisotopic (exact) mass is 168 g/mol. The number of aromatic hydroxyl groups is 2. The maximum Gasteiger partial charge on any atom is 0.180 e. The van der Waals surface area contributed by atoms with Crippen molar-refractivity contribution < 1.29 is 10.2 Å². The van der Waals surface area contributed by atoms with Gasteiger partial charge in [0.1, 0.15) is 0 Å². The van der Waals surface area contributed by atoms with Crippen LogP contribution in [0.2, 0.25) is 0 Å². The van der Waals surface area contributed by atoms with Crippen molar-refractivity contribution in [1.82, 2.24) is 0 Å². The van der Waals surface area contributed by atoms with Gasteiger partial charge < -0.3 is 21.7 Å². The van der Waals surface area contributed by atoms with Gasteiger partial charge in [0.2, 0.25) is 0 Å². The lowest BCUT2D eigenvalue weighted by molar-refractivity contribution is 0.404. The highest BCUT2D eigenvalue weighted by Gasteiger charge is 2.08. The molecule has 1 aromatic rings. The smallest absolute Gasteiger partial charge is 0.180 e. The van der Waals surface area contributed by atoms with Gasteiger partial charge in [0.05, 0.1) is 5.69 Å². The van der Waals surface area contributed by atoms with Crippen molar-refractivity contribution in [3.8, 4) is 11.5 Å². The van der Waals surface area contributed by atoms with Gasteiger partial charge in [-0.25, -0.2) is 0 Å². The molecule has 4 nitrogen and oxygen atoms in total. The van der Waals surface area contributed by atoms with Gasteiger partial charge in [-0.3, -0.25) is 0 Å². The molecule has 1 aromatic carbocycles. The largest absolute Gasteiger partial charge is 0.504 e. The summed E-state index contributed by atoms with van der Waals surface area (Å²) in [5.74, 6) is -0.526. The molecule has 0 heterocycles. The third-order valence-electron chi connectivity index (χ3n) is 1.67. The summed E-state index contributed by atoms with van der Waals surface area (Å²) in [6.45, 7) is 1.77. The summed E-state index contributed by atoms with van der Waals surface area (Å²) in [7, 11) is 0. The van der Waals surface area contributed by atoms with Crippen LogP contribution < -0.4 is 11.5 Å². The summed E-state index contributed by atoms with van der Waals surface area (Å²) in [4.78, 5) is 0. The first kappa shape index (κ1) is 8.67. The van der Waals surface area contributed by atoms with Crippen LogP contribution in [0.3, 0.4) is 0 Å². The SMILES string of the molecule is CC(N)c1cc(N)c(O)c(O)c1. The second kappa shape index (κ2) is 2.91.